The minimum atomic E-state index is -0.979. The first-order valence-corrected chi connectivity index (χ1v) is 5.72. The highest BCUT2D eigenvalue weighted by molar-refractivity contribution is 6.31. The molecule has 0 aromatic heterocycles. The molecule has 0 saturated carbocycles. The average Bonchev–Trinajstić information content (AvgIpc) is 2.26. The van der Waals surface area contributed by atoms with E-state index in [9.17, 15) is 4.79 Å². The number of nitrogens with zero attached hydrogens (tertiary/aromatic N) is 1. The van der Waals surface area contributed by atoms with Gasteiger partial charge in [0.25, 0.3) is 0 Å². The molecule has 0 aliphatic rings. The first-order chi connectivity index (χ1) is 7.91. The third-order valence-electron chi connectivity index (χ3n) is 2.68. The summed E-state index contributed by atoms with van der Waals surface area (Å²) >= 11 is 5.77. The fraction of sp³-hybridized carbons (Fsp3) is 0.417. The van der Waals surface area contributed by atoms with Crippen molar-refractivity contribution in [1.82, 2.24) is 4.90 Å². The third-order valence-corrected chi connectivity index (χ3v) is 2.92. The number of anilines is 1. The summed E-state index contributed by atoms with van der Waals surface area (Å²) < 4.78 is 0. The topological polar surface area (TPSA) is 52.6 Å². The number of halogens is 1. The number of carbonyl (C=O) groups is 1. The van der Waals surface area contributed by atoms with Crippen molar-refractivity contribution in [1.29, 1.82) is 0 Å². The van der Waals surface area contributed by atoms with E-state index in [1.807, 2.05) is 14.1 Å². The van der Waals surface area contributed by atoms with Crippen LogP contribution in [0.15, 0.2) is 18.2 Å². The Hall–Kier alpha value is -1.26. The Bertz CT molecular complexity index is 407. The summed E-state index contributed by atoms with van der Waals surface area (Å²) in [5.41, 5.74) is 0.791. The van der Waals surface area contributed by atoms with Crippen LogP contribution in [-0.2, 0) is 0 Å². The number of carboxylic acid groups (broad SMARTS) is 1. The number of hydrogen-bond donors (Lipinski definition) is 2. The largest absolute Gasteiger partial charge is 0.478 e. The monoisotopic (exact) mass is 256 g/mol. The highest BCUT2D eigenvalue weighted by Crippen LogP contribution is 2.20. The van der Waals surface area contributed by atoms with Crippen molar-refractivity contribution in [3.05, 3.63) is 28.8 Å². The normalized spacial score (nSPS) is 12.5. The maximum absolute atomic E-state index is 11.0. The molecule has 0 aliphatic heterocycles. The molecule has 1 aromatic rings. The molecule has 0 aliphatic carbocycles. The molecular formula is C12H17ClN2O2. The third kappa shape index (κ3) is 3.91. The fourth-order valence-electron chi connectivity index (χ4n) is 1.29. The molecule has 0 spiro atoms. The number of likely N-dealkylation sites (N-methyl/N-ethyl adjacent to an activating group) is 1. The fourth-order valence-corrected chi connectivity index (χ4v) is 1.46. The molecule has 0 radical (unpaired) electrons. The second-order valence-corrected chi connectivity index (χ2v) is 4.63. The van der Waals surface area contributed by atoms with Crippen molar-refractivity contribution in [2.45, 2.75) is 13.0 Å². The van der Waals surface area contributed by atoms with Crippen molar-refractivity contribution >= 4 is 23.3 Å². The Labute approximate surface area is 106 Å². The first kappa shape index (κ1) is 13.8. The summed E-state index contributed by atoms with van der Waals surface area (Å²) in [6.07, 6.45) is 0. The van der Waals surface area contributed by atoms with Gasteiger partial charge in [-0.15, -0.1) is 0 Å². The summed E-state index contributed by atoms with van der Waals surface area (Å²) in [5.74, 6) is -0.979. The van der Waals surface area contributed by atoms with Gasteiger partial charge in [-0.05, 0) is 39.2 Å². The SMILES string of the molecule is CC(CNc1ccc(Cl)cc1C(=O)O)N(C)C. The van der Waals surface area contributed by atoms with Gasteiger partial charge in [0.05, 0.1) is 5.56 Å². The van der Waals surface area contributed by atoms with E-state index >= 15 is 0 Å². The van der Waals surface area contributed by atoms with Crippen LogP contribution in [-0.4, -0.2) is 42.7 Å². The molecule has 1 unspecified atom stereocenters. The maximum Gasteiger partial charge on any atom is 0.337 e. The number of carboxylic acids is 1. The van der Waals surface area contributed by atoms with Crippen LogP contribution >= 0.6 is 11.6 Å². The van der Waals surface area contributed by atoms with E-state index in [0.717, 1.165) is 0 Å². The lowest BCUT2D eigenvalue weighted by molar-refractivity contribution is 0.0698. The van der Waals surface area contributed by atoms with Crippen LogP contribution < -0.4 is 5.32 Å². The predicted octanol–water partition coefficient (Wildman–Crippen LogP) is 2.40. The van der Waals surface area contributed by atoms with Gasteiger partial charge >= 0.3 is 5.97 Å². The van der Waals surface area contributed by atoms with E-state index in [1.54, 1.807) is 12.1 Å². The van der Waals surface area contributed by atoms with Crippen LogP contribution in [0.3, 0.4) is 0 Å². The second kappa shape index (κ2) is 5.89. The molecule has 1 aromatic carbocycles. The quantitative estimate of drug-likeness (QED) is 0.850. The van der Waals surface area contributed by atoms with Crippen LogP contribution in [0.2, 0.25) is 5.02 Å². The zero-order chi connectivity index (χ0) is 13.0. The van der Waals surface area contributed by atoms with Gasteiger partial charge in [0.15, 0.2) is 0 Å². The van der Waals surface area contributed by atoms with E-state index in [4.69, 9.17) is 16.7 Å². The number of hydrogen-bond acceptors (Lipinski definition) is 3. The molecule has 0 amide bonds. The average molecular weight is 257 g/mol. The lowest BCUT2D eigenvalue weighted by Crippen LogP contribution is -2.31. The van der Waals surface area contributed by atoms with E-state index in [0.29, 0.717) is 23.3 Å². The minimum Gasteiger partial charge on any atom is -0.478 e. The summed E-state index contributed by atoms with van der Waals surface area (Å²) in [6.45, 7) is 2.73. The van der Waals surface area contributed by atoms with Gasteiger partial charge in [0.2, 0.25) is 0 Å². The van der Waals surface area contributed by atoms with Gasteiger partial charge in [-0.1, -0.05) is 11.6 Å². The van der Waals surface area contributed by atoms with Crippen molar-refractivity contribution in [2.75, 3.05) is 26.0 Å². The molecule has 0 saturated heterocycles. The lowest BCUT2D eigenvalue weighted by atomic mass is 10.1. The van der Waals surface area contributed by atoms with Crippen LogP contribution in [0.1, 0.15) is 17.3 Å². The van der Waals surface area contributed by atoms with Crippen LogP contribution in [0.4, 0.5) is 5.69 Å². The van der Waals surface area contributed by atoms with Crippen LogP contribution in [0, 0.1) is 0 Å². The molecule has 1 atom stereocenters. The lowest BCUT2D eigenvalue weighted by Gasteiger charge is -2.21. The summed E-state index contributed by atoms with van der Waals surface area (Å²) in [7, 11) is 3.96. The number of aromatic carboxylic acids is 1. The van der Waals surface area contributed by atoms with E-state index in [1.165, 1.54) is 6.07 Å². The molecule has 1 rings (SSSR count). The Balaban J connectivity index is 2.80. The van der Waals surface area contributed by atoms with Gasteiger partial charge in [0.1, 0.15) is 0 Å². The van der Waals surface area contributed by atoms with Gasteiger partial charge in [-0.2, -0.15) is 0 Å². The van der Waals surface area contributed by atoms with Crippen LogP contribution in [0.25, 0.3) is 0 Å². The molecule has 94 valence electrons. The predicted molar refractivity (Wildman–Crippen MR) is 70.1 cm³/mol. The van der Waals surface area contributed by atoms with Gasteiger partial charge < -0.3 is 15.3 Å². The van der Waals surface area contributed by atoms with Crippen molar-refractivity contribution in [3.63, 3.8) is 0 Å². The number of rotatable bonds is 5. The van der Waals surface area contributed by atoms with E-state index < -0.39 is 5.97 Å². The smallest absolute Gasteiger partial charge is 0.337 e. The molecule has 2 N–H and O–H groups in total. The molecule has 0 heterocycles. The molecule has 17 heavy (non-hydrogen) atoms. The summed E-state index contributed by atoms with van der Waals surface area (Å²) in [5, 5.41) is 12.6. The maximum atomic E-state index is 11.0. The zero-order valence-corrected chi connectivity index (χ0v) is 11.0. The molecule has 0 bridgehead atoms. The molecule has 4 nitrogen and oxygen atoms in total. The first-order valence-electron chi connectivity index (χ1n) is 5.35. The van der Waals surface area contributed by atoms with Gasteiger partial charge in [-0.25, -0.2) is 4.79 Å². The molecule has 0 fully saturated rings. The summed E-state index contributed by atoms with van der Waals surface area (Å²) in [4.78, 5) is 13.1. The van der Waals surface area contributed by atoms with Crippen molar-refractivity contribution < 1.29 is 9.90 Å². The minimum absolute atomic E-state index is 0.198. The van der Waals surface area contributed by atoms with E-state index in [-0.39, 0.29) is 5.56 Å². The second-order valence-electron chi connectivity index (χ2n) is 4.19. The summed E-state index contributed by atoms with van der Waals surface area (Å²) in [6, 6.07) is 5.13. The Morgan fingerprint density at radius 2 is 2.18 bits per heavy atom. The van der Waals surface area contributed by atoms with E-state index in [2.05, 4.69) is 17.1 Å². The van der Waals surface area contributed by atoms with Gasteiger partial charge in [0, 0.05) is 23.3 Å². The molecular weight excluding hydrogens is 240 g/mol. The molecule has 5 heteroatoms. The highest BCUT2D eigenvalue weighted by atomic mass is 35.5. The zero-order valence-electron chi connectivity index (χ0n) is 10.2. The Morgan fingerprint density at radius 3 is 2.71 bits per heavy atom. The highest BCUT2D eigenvalue weighted by Gasteiger charge is 2.11. The van der Waals surface area contributed by atoms with Crippen molar-refractivity contribution in [3.8, 4) is 0 Å². The number of nitrogens with one attached hydrogen (secondary N) is 1. The van der Waals surface area contributed by atoms with Crippen LogP contribution in [0.5, 0.6) is 0 Å². The standard InChI is InChI=1S/C12H17ClN2O2/c1-8(15(2)3)7-14-11-5-4-9(13)6-10(11)12(16)17/h4-6,8,14H,7H2,1-3H3,(H,16,17). The van der Waals surface area contributed by atoms with Gasteiger partial charge in [-0.3, -0.25) is 0 Å². The number of benzene rings is 1. The van der Waals surface area contributed by atoms with Crippen molar-refractivity contribution in [2.24, 2.45) is 0 Å². The Morgan fingerprint density at radius 1 is 1.53 bits per heavy atom. The Kier molecular flexibility index (Phi) is 4.78.